The van der Waals surface area contributed by atoms with Gasteiger partial charge in [0.05, 0.1) is 12.5 Å². The first-order valence-corrected chi connectivity index (χ1v) is 7.93. The molecule has 1 aromatic carbocycles. The normalized spacial score (nSPS) is 16.5. The van der Waals surface area contributed by atoms with Crippen molar-refractivity contribution >= 4 is 23.5 Å². The fraction of sp³-hybridized carbons (Fsp3) is 0.471. The van der Waals surface area contributed by atoms with Gasteiger partial charge in [-0.2, -0.15) is 0 Å². The van der Waals surface area contributed by atoms with Gasteiger partial charge in [0.15, 0.2) is 6.61 Å². The zero-order valence-corrected chi connectivity index (χ0v) is 13.7. The molecule has 0 saturated carbocycles. The third-order valence-corrected chi connectivity index (χ3v) is 3.54. The number of amides is 2. The van der Waals surface area contributed by atoms with Crippen LogP contribution in [0.25, 0.3) is 0 Å². The standard InChI is InChI=1S/C17H22N2O5/c1-12(20)19-14-6-4-13(5-7-14)9-17(22)24-11-16(21)18-10-15-3-2-8-23-15/h4-7,15H,2-3,8-11H2,1H3,(H,18,21)(H,19,20)/t15-/m0/s1. The number of carbonyl (C=O) groups is 3. The summed E-state index contributed by atoms with van der Waals surface area (Å²) < 4.78 is 10.3. The summed E-state index contributed by atoms with van der Waals surface area (Å²) in [5, 5.41) is 5.33. The molecule has 130 valence electrons. The second-order valence-corrected chi connectivity index (χ2v) is 5.65. The van der Waals surface area contributed by atoms with E-state index in [4.69, 9.17) is 9.47 Å². The van der Waals surface area contributed by atoms with Crippen LogP contribution in [0.4, 0.5) is 5.69 Å². The number of hydrogen-bond acceptors (Lipinski definition) is 5. The molecule has 1 fully saturated rings. The van der Waals surface area contributed by atoms with E-state index in [1.54, 1.807) is 24.3 Å². The molecule has 2 amide bonds. The summed E-state index contributed by atoms with van der Waals surface area (Å²) in [5.41, 5.74) is 1.40. The van der Waals surface area contributed by atoms with E-state index in [9.17, 15) is 14.4 Å². The minimum atomic E-state index is -0.477. The van der Waals surface area contributed by atoms with Gasteiger partial charge in [-0.1, -0.05) is 12.1 Å². The minimum absolute atomic E-state index is 0.0618. The molecule has 0 bridgehead atoms. The van der Waals surface area contributed by atoms with Gasteiger partial charge in [0, 0.05) is 25.8 Å². The smallest absolute Gasteiger partial charge is 0.310 e. The number of carbonyl (C=O) groups excluding carboxylic acids is 3. The Morgan fingerprint density at radius 2 is 2.00 bits per heavy atom. The van der Waals surface area contributed by atoms with Crippen molar-refractivity contribution in [3.05, 3.63) is 29.8 Å². The molecule has 7 nitrogen and oxygen atoms in total. The molecule has 1 aliphatic heterocycles. The quantitative estimate of drug-likeness (QED) is 0.726. The third-order valence-electron chi connectivity index (χ3n) is 3.54. The van der Waals surface area contributed by atoms with Crippen molar-refractivity contribution in [3.63, 3.8) is 0 Å². The molecule has 1 atom stereocenters. The van der Waals surface area contributed by atoms with Crippen molar-refractivity contribution in [2.75, 3.05) is 25.1 Å². The summed E-state index contributed by atoms with van der Waals surface area (Å²) in [6.45, 7) is 2.31. The van der Waals surface area contributed by atoms with E-state index in [-0.39, 0.29) is 30.9 Å². The van der Waals surface area contributed by atoms with E-state index in [2.05, 4.69) is 10.6 Å². The monoisotopic (exact) mass is 334 g/mol. The zero-order valence-electron chi connectivity index (χ0n) is 13.7. The number of anilines is 1. The van der Waals surface area contributed by atoms with Crippen LogP contribution < -0.4 is 10.6 Å². The minimum Gasteiger partial charge on any atom is -0.455 e. The molecule has 1 aromatic rings. The van der Waals surface area contributed by atoms with E-state index in [1.165, 1.54) is 6.92 Å². The SMILES string of the molecule is CC(=O)Nc1ccc(CC(=O)OCC(=O)NC[C@@H]2CCCO2)cc1. The van der Waals surface area contributed by atoms with Gasteiger partial charge in [0.1, 0.15) is 0 Å². The van der Waals surface area contributed by atoms with Crippen LogP contribution in [0.3, 0.4) is 0 Å². The molecule has 1 heterocycles. The highest BCUT2D eigenvalue weighted by molar-refractivity contribution is 5.88. The van der Waals surface area contributed by atoms with Crippen LogP contribution in [-0.4, -0.2) is 43.6 Å². The molecule has 1 saturated heterocycles. The summed E-state index contributed by atoms with van der Waals surface area (Å²) >= 11 is 0. The molecule has 7 heteroatoms. The van der Waals surface area contributed by atoms with Crippen molar-refractivity contribution in [2.45, 2.75) is 32.3 Å². The van der Waals surface area contributed by atoms with Gasteiger partial charge in [-0.25, -0.2) is 0 Å². The van der Waals surface area contributed by atoms with Crippen LogP contribution in [-0.2, 0) is 30.3 Å². The lowest BCUT2D eigenvalue weighted by atomic mass is 10.1. The first-order chi connectivity index (χ1) is 11.5. The fourth-order valence-corrected chi connectivity index (χ4v) is 2.36. The van der Waals surface area contributed by atoms with E-state index in [1.807, 2.05) is 0 Å². The average molecular weight is 334 g/mol. The van der Waals surface area contributed by atoms with Crippen molar-refractivity contribution in [1.82, 2.24) is 5.32 Å². The Morgan fingerprint density at radius 1 is 1.25 bits per heavy atom. The lowest BCUT2D eigenvalue weighted by Gasteiger charge is -2.11. The third kappa shape index (κ3) is 6.37. The highest BCUT2D eigenvalue weighted by Crippen LogP contribution is 2.11. The Bertz CT molecular complexity index is 579. The van der Waals surface area contributed by atoms with Gasteiger partial charge in [0.2, 0.25) is 5.91 Å². The van der Waals surface area contributed by atoms with Gasteiger partial charge in [-0.05, 0) is 30.5 Å². The second kappa shape index (κ2) is 9.02. The molecule has 0 unspecified atom stereocenters. The predicted molar refractivity (Wildman–Crippen MR) is 87.4 cm³/mol. The first-order valence-electron chi connectivity index (χ1n) is 7.93. The van der Waals surface area contributed by atoms with Gasteiger partial charge in [-0.3, -0.25) is 14.4 Å². The van der Waals surface area contributed by atoms with E-state index in [0.29, 0.717) is 12.2 Å². The molecule has 0 radical (unpaired) electrons. The highest BCUT2D eigenvalue weighted by Gasteiger charge is 2.16. The largest absolute Gasteiger partial charge is 0.455 e. The molecular formula is C17H22N2O5. The van der Waals surface area contributed by atoms with Crippen LogP contribution in [0.2, 0.25) is 0 Å². The highest BCUT2D eigenvalue weighted by atomic mass is 16.5. The van der Waals surface area contributed by atoms with E-state index >= 15 is 0 Å². The Kier molecular flexibility index (Phi) is 6.74. The summed E-state index contributed by atoms with van der Waals surface area (Å²) in [7, 11) is 0. The van der Waals surface area contributed by atoms with E-state index < -0.39 is 5.97 Å². The number of esters is 1. The molecule has 1 aliphatic rings. The number of hydrogen-bond donors (Lipinski definition) is 2. The Hall–Kier alpha value is -2.41. The zero-order chi connectivity index (χ0) is 17.4. The predicted octanol–water partition coefficient (Wildman–Crippen LogP) is 1.03. The fourth-order valence-electron chi connectivity index (χ4n) is 2.36. The van der Waals surface area contributed by atoms with Crippen LogP contribution >= 0.6 is 0 Å². The molecule has 0 aliphatic carbocycles. The van der Waals surface area contributed by atoms with Crippen LogP contribution in [0, 0.1) is 0 Å². The molecular weight excluding hydrogens is 312 g/mol. The number of rotatable bonds is 7. The van der Waals surface area contributed by atoms with Crippen molar-refractivity contribution in [1.29, 1.82) is 0 Å². The van der Waals surface area contributed by atoms with Gasteiger partial charge < -0.3 is 20.1 Å². The van der Waals surface area contributed by atoms with E-state index in [0.717, 1.165) is 25.0 Å². The van der Waals surface area contributed by atoms with Gasteiger partial charge in [-0.15, -0.1) is 0 Å². The lowest BCUT2D eigenvalue weighted by molar-refractivity contribution is -0.148. The Balaban J connectivity index is 1.66. The van der Waals surface area contributed by atoms with Crippen LogP contribution in [0.1, 0.15) is 25.3 Å². The number of nitrogens with one attached hydrogen (secondary N) is 2. The average Bonchev–Trinajstić information content (AvgIpc) is 3.06. The summed E-state index contributed by atoms with van der Waals surface area (Å²) in [6, 6.07) is 6.87. The Morgan fingerprint density at radius 3 is 2.62 bits per heavy atom. The molecule has 0 spiro atoms. The summed E-state index contributed by atoms with van der Waals surface area (Å²) in [4.78, 5) is 34.3. The lowest BCUT2D eigenvalue weighted by Crippen LogP contribution is -2.35. The topological polar surface area (TPSA) is 93.7 Å². The summed E-state index contributed by atoms with van der Waals surface area (Å²) in [5.74, 6) is -0.967. The molecule has 2 rings (SSSR count). The molecule has 0 aromatic heterocycles. The van der Waals surface area contributed by atoms with Crippen molar-refractivity contribution in [2.24, 2.45) is 0 Å². The van der Waals surface area contributed by atoms with Crippen molar-refractivity contribution < 1.29 is 23.9 Å². The van der Waals surface area contributed by atoms with Gasteiger partial charge >= 0.3 is 5.97 Å². The molecule has 2 N–H and O–H groups in total. The van der Waals surface area contributed by atoms with Gasteiger partial charge in [0.25, 0.3) is 5.91 Å². The van der Waals surface area contributed by atoms with Crippen LogP contribution in [0.5, 0.6) is 0 Å². The summed E-state index contributed by atoms with van der Waals surface area (Å²) in [6.07, 6.45) is 2.08. The first kappa shape index (κ1) is 17.9. The maximum Gasteiger partial charge on any atom is 0.310 e. The van der Waals surface area contributed by atoms with Crippen LogP contribution in [0.15, 0.2) is 24.3 Å². The number of ether oxygens (including phenoxy) is 2. The van der Waals surface area contributed by atoms with Crippen molar-refractivity contribution in [3.8, 4) is 0 Å². The number of benzene rings is 1. The Labute approximate surface area is 140 Å². The molecule has 24 heavy (non-hydrogen) atoms. The maximum atomic E-state index is 11.7. The maximum absolute atomic E-state index is 11.7. The second-order valence-electron chi connectivity index (χ2n) is 5.65.